The Labute approximate surface area is 193 Å². The normalized spacial score (nSPS) is 11.9. The Hall–Kier alpha value is -4.11. The van der Waals surface area contributed by atoms with Crippen molar-refractivity contribution in [1.29, 1.82) is 0 Å². The number of rotatable bonds is 5. The number of hydrogen-bond acceptors (Lipinski definition) is 2. The number of benzene rings is 5. The third-order valence-corrected chi connectivity index (χ3v) is 6.18. The summed E-state index contributed by atoms with van der Waals surface area (Å²) in [5, 5.41) is 7.45. The molecular weight excluding hydrogens is 406 g/mol. The average molecular weight is 432 g/mol. The summed E-state index contributed by atoms with van der Waals surface area (Å²) in [7, 11) is 1.68. The van der Waals surface area contributed by atoms with E-state index < -0.39 is 0 Å². The molecule has 0 heterocycles. The van der Waals surface area contributed by atoms with Gasteiger partial charge in [0, 0.05) is 16.7 Å². The second kappa shape index (κ2) is 8.79. The minimum Gasteiger partial charge on any atom is -0.496 e. The van der Waals surface area contributed by atoms with Gasteiger partial charge in [-0.15, -0.1) is 0 Å². The third kappa shape index (κ3) is 3.83. The zero-order valence-electron chi connectivity index (χ0n) is 18.7. The van der Waals surface area contributed by atoms with Crippen LogP contribution in [0.1, 0.15) is 28.9 Å². The maximum atomic E-state index is 13.7. The molecule has 5 rings (SSSR count). The van der Waals surface area contributed by atoms with E-state index in [9.17, 15) is 4.79 Å². The van der Waals surface area contributed by atoms with E-state index in [0.717, 1.165) is 44.0 Å². The molecule has 3 nitrogen and oxygen atoms in total. The molecule has 0 spiro atoms. The van der Waals surface area contributed by atoms with Crippen LogP contribution in [0.2, 0.25) is 0 Å². The van der Waals surface area contributed by atoms with Gasteiger partial charge in [-0.1, -0.05) is 91.0 Å². The minimum atomic E-state index is -0.118. The molecule has 0 unspecified atom stereocenters. The summed E-state index contributed by atoms with van der Waals surface area (Å²) in [5.74, 6) is 0.636. The molecule has 0 aliphatic rings. The van der Waals surface area contributed by atoms with E-state index in [1.54, 1.807) is 7.11 Å². The Bertz CT molecular complexity index is 1460. The van der Waals surface area contributed by atoms with Gasteiger partial charge in [0.1, 0.15) is 5.75 Å². The lowest BCUT2D eigenvalue weighted by Crippen LogP contribution is -2.27. The molecule has 0 aliphatic heterocycles. The number of carbonyl (C=O) groups excluding carboxylic acids is 1. The van der Waals surface area contributed by atoms with Gasteiger partial charge in [0.25, 0.3) is 5.91 Å². The van der Waals surface area contributed by atoms with E-state index >= 15 is 0 Å². The predicted molar refractivity (Wildman–Crippen MR) is 136 cm³/mol. The zero-order chi connectivity index (χ0) is 22.8. The summed E-state index contributed by atoms with van der Waals surface area (Å²) in [4.78, 5) is 13.7. The van der Waals surface area contributed by atoms with Gasteiger partial charge in [-0.2, -0.15) is 0 Å². The van der Waals surface area contributed by atoms with Gasteiger partial charge < -0.3 is 10.1 Å². The smallest absolute Gasteiger partial charge is 0.252 e. The van der Waals surface area contributed by atoms with Crippen molar-refractivity contribution < 1.29 is 9.53 Å². The first kappa shape index (κ1) is 20.8. The largest absolute Gasteiger partial charge is 0.496 e. The maximum Gasteiger partial charge on any atom is 0.252 e. The molecule has 162 valence electrons. The summed E-state index contributed by atoms with van der Waals surface area (Å²) in [6.07, 6.45) is 0. The summed E-state index contributed by atoms with van der Waals surface area (Å²) in [5.41, 5.74) is 3.52. The highest BCUT2D eigenvalue weighted by Gasteiger charge is 2.22. The molecule has 0 bridgehead atoms. The van der Waals surface area contributed by atoms with Crippen molar-refractivity contribution in [2.45, 2.75) is 13.0 Å². The molecular formula is C30H25NO2. The van der Waals surface area contributed by atoms with E-state index in [1.807, 2.05) is 79.7 Å². The van der Waals surface area contributed by atoms with Crippen LogP contribution >= 0.6 is 0 Å². The van der Waals surface area contributed by atoms with Gasteiger partial charge in [0.05, 0.1) is 13.2 Å². The van der Waals surface area contributed by atoms with Crippen LogP contribution in [0.3, 0.4) is 0 Å². The van der Waals surface area contributed by atoms with Crippen LogP contribution in [0.15, 0.2) is 103 Å². The lowest BCUT2D eigenvalue weighted by atomic mass is 9.89. The first-order valence-corrected chi connectivity index (χ1v) is 11.1. The Morgan fingerprint density at radius 2 is 1.27 bits per heavy atom. The Balaban J connectivity index is 1.74. The van der Waals surface area contributed by atoms with Crippen molar-refractivity contribution in [1.82, 2.24) is 5.32 Å². The van der Waals surface area contributed by atoms with Crippen LogP contribution in [0.5, 0.6) is 5.75 Å². The topological polar surface area (TPSA) is 38.3 Å². The minimum absolute atomic E-state index is 0.109. The first-order valence-electron chi connectivity index (χ1n) is 11.1. The molecule has 5 aromatic rings. The van der Waals surface area contributed by atoms with Gasteiger partial charge >= 0.3 is 0 Å². The molecule has 0 radical (unpaired) electrons. The molecule has 5 aromatic carbocycles. The molecule has 3 heteroatoms. The number of nitrogens with one attached hydrogen (secondary N) is 1. The molecule has 1 N–H and O–H groups in total. The van der Waals surface area contributed by atoms with E-state index in [1.165, 1.54) is 0 Å². The summed E-state index contributed by atoms with van der Waals surface area (Å²) in [6.45, 7) is 2.01. The van der Waals surface area contributed by atoms with E-state index in [4.69, 9.17) is 4.74 Å². The monoisotopic (exact) mass is 431 g/mol. The fourth-order valence-corrected chi connectivity index (χ4v) is 4.51. The Morgan fingerprint density at radius 1 is 0.697 bits per heavy atom. The van der Waals surface area contributed by atoms with Gasteiger partial charge in [-0.05, 0) is 46.2 Å². The SMILES string of the molecule is COc1ccc2ccccc2c1-c1c(C(=O)N[C@@H](C)c2ccccc2)ccc2ccccc12. The number of methoxy groups -OCH3 is 1. The van der Waals surface area contributed by atoms with Crippen LogP contribution in [0.4, 0.5) is 0 Å². The summed E-state index contributed by atoms with van der Waals surface area (Å²) >= 11 is 0. The van der Waals surface area contributed by atoms with E-state index in [0.29, 0.717) is 5.56 Å². The van der Waals surface area contributed by atoms with Crippen LogP contribution in [0.25, 0.3) is 32.7 Å². The lowest BCUT2D eigenvalue weighted by Gasteiger charge is -2.20. The highest BCUT2D eigenvalue weighted by atomic mass is 16.5. The van der Waals surface area contributed by atoms with Gasteiger partial charge in [-0.3, -0.25) is 4.79 Å². The number of carbonyl (C=O) groups is 1. The predicted octanol–water partition coefficient (Wildman–Crippen LogP) is 7.16. The molecule has 33 heavy (non-hydrogen) atoms. The summed E-state index contributed by atoms with van der Waals surface area (Å²) in [6, 6.07) is 34.3. The number of fused-ring (bicyclic) bond motifs is 2. The summed E-state index contributed by atoms with van der Waals surface area (Å²) < 4.78 is 5.81. The standard InChI is InChI=1S/C30H25NO2/c1-20(21-10-4-3-5-11-21)31-30(32)26-18-16-22-12-6-8-14-24(22)28(26)29-25-15-9-7-13-23(25)17-19-27(29)33-2/h3-20H,1-2H3,(H,31,32)/t20-/m0/s1. The highest BCUT2D eigenvalue weighted by Crippen LogP contribution is 2.42. The number of ether oxygens (including phenoxy) is 1. The third-order valence-electron chi connectivity index (χ3n) is 6.18. The fraction of sp³-hybridized carbons (Fsp3) is 0.100. The van der Waals surface area contributed by atoms with Crippen molar-refractivity contribution in [2.24, 2.45) is 0 Å². The molecule has 1 atom stereocenters. The molecule has 0 aliphatic carbocycles. The highest BCUT2D eigenvalue weighted by molar-refractivity contribution is 6.15. The molecule has 0 fully saturated rings. The van der Waals surface area contributed by atoms with Crippen LogP contribution in [-0.4, -0.2) is 13.0 Å². The van der Waals surface area contributed by atoms with Crippen molar-refractivity contribution in [3.63, 3.8) is 0 Å². The fourth-order valence-electron chi connectivity index (χ4n) is 4.51. The lowest BCUT2D eigenvalue weighted by molar-refractivity contribution is 0.0940. The van der Waals surface area contributed by atoms with Crippen molar-refractivity contribution >= 4 is 27.5 Å². The zero-order valence-corrected chi connectivity index (χ0v) is 18.7. The average Bonchev–Trinajstić information content (AvgIpc) is 2.87. The molecule has 0 aromatic heterocycles. The van der Waals surface area contributed by atoms with Crippen LogP contribution in [-0.2, 0) is 0 Å². The van der Waals surface area contributed by atoms with Gasteiger partial charge in [-0.25, -0.2) is 0 Å². The Kier molecular flexibility index (Phi) is 5.54. The second-order valence-electron chi connectivity index (χ2n) is 8.18. The van der Waals surface area contributed by atoms with Crippen LogP contribution in [0, 0.1) is 0 Å². The Morgan fingerprint density at radius 3 is 1.94 bits per heavy atom. The van der Waals surface area contributed by atoms with Crippen molar-refractivity contribution in [2.75, 3.05) is 7.11 Å². The second-order valence-corrected chi connectivity index (χ2v) is 8.18. The molecule has 0 saturated heterocycles. The van der Waals surface area contributed by atoms with Crippen LogP contribution < -0.4 is 10.1 Å². The molecule has 0 saturated carbocycles. The van der Waals surface area contributed by atoms with Gasteiger partial charge in [0.15, 0.2) is 0 Å². The van der Waals surface area contributed by atoms with Crippen molar-refractivity contribution in [3.8, 4) is 16.9 Å². The van der Waals surface area contributed by atoms with E-state index in [-0.39, 0.29) is 11.9 Å². The quantitative estimate of drug-likeness (QED) is 0.321. The van der Waals surface area contributed by atoms with Gasteiger partial charge in [0.2, 0.25) is 0 Å². The molecule has 1 amide bonds. The number of amides is 1. The maximum absolute atomic E-state index is 13.7. The van der Waals surface area contributed by atoms with Crippen molar-refractivity contribution in [3.05, 3.63) is 114 Å². The first-order chi connectivity index (χ1) is 16.2. The number of hydrogen-bond donors (Lipinski definition) is 1. The van der Waals surface area contributed by atoms with E-state index in [2.05, 4.69) is 35.6 Å².